The number of benzene rings is 2. The van der Waals surface area contributed by atoms with Crippen molar-refractivity contribution in [1.82, 2.24) is 29.6 Å². The Morgan fingerprint density at radius 3 is 2.73 bits per heavy atom. The van der Waals surface area contributed by atoms with Crippen molar-refractivity contribution in [2.75, 3.05) is 11.9 Å². The van der Waals surface area contributed by atoms with Gasteiger partial charge in [-0.15, -0.1) is 15.3 Å². The van der Waals surface area contributed by atoms with Crippen LogP contribution in [0, 0.1) is 6.92 Å². The lowest BCUT2D eigenvalue weighted by Gasteiger charge is -2.24. The zero-order valence-electron chi connectivity index (χ0n) is 20.5. The highest BCUT2D eigenvalue weighted by Gasteiger charge is 2.31. The number of nitrogens with zero attached hydrogens (tertiary/aromatic N) is 6. The molecule has 0 radical (unpaired) electrons. The number of carbonyl (C=O) groups is 1. The first-order valence-electron chi connectivity index (χ1n) is 12.1. The van der Waals surface area contributed by atoms with E-state index in [1.807, 2.05) is 68.4 Å². The molecule has 1 aliphatic rings. The maximum Gasteiger partial charge on any atom is 0.226 e. The van der Waals surface area contributed by atoms with E-state index in [0.29, 0.717) is 54.2 Å². The molecule has 1 amide bonds. The monoisotopic (exact) mass is 495 g/mol. The molecule has 4 heterocycles. The van der Waals surface area contributed by atoms with Crippen molar-refractivity contribution in [2.24, 2.45) is 0 Å². The molecule has 37 heavy (non-hydrogen) atoms. The van der Waals surface area contributed by atoms with E-state index in [0.717, 1.165) is 16.7 Å². The van der Waals surface area contributed by atoms with Crippen molar-refractivity contribution in [2.45, 2.75) is 32.8 Å². The molecule has 1 atom stereocenters. The maximum atomic E-state index is 12.8. The Labute approximate surface area is 212 Å². The number of hydrogen-bond donors (Lipinski definition) is 1. The molecule has 0 saturated heterocycles. The number of carbonyl (C=O) groups excluding carboxylic acids is 1. The average molecular weight is 496 g/mol. The first-order chi connectivity index (χ1) is 18.1. The summed E-state index contributed by atoms with van der Waals surface area (Å²) in [6.45, 7) is 4.70. The maximum absolute atomic E-state index is 12.8. The molecule has 3 aromatic heterocycles. The normalized spacial score (nSPS) is 14.9. The summed E-state index contributed by atoms with van der Waals surface area (Å²) in [6, 6.07) is 19.5. The SMILES string of the molecule is CCOc1cc([C@@H]2CC(=O)Nc3c2cnn3-c2ccc3nnc(C)n3n2)ccc1OCc1ccccc1. The van der Waals surface area contributed by atoms with Crippen molar-refractivity contribution < 1.29 is 14.3 Å². The lowest BCUT2D eigenvalue weighted by molar-refractivity contribution is -0.116. The minimum atomic E-state index is -0.194. The van der Waals surface area contributed by atoms with Crippen LogP contribution in [0.5, 0.6) is 11.5 Å². The van der Waals surface area contributed by atoms with Gasteiger partial charge in [-0.05, 0) is 49.2 Å². The van der Waals surface area contributed by atoms with Crippen LogP contribution in [0.1, 0.15) is 41.8 Å². The van der Waals surface area contributed by atoms with E-state index < -0.39 is 0 Å². The summed E-state index contributed by atoms with van der Waals surface area (Å²) >= 11 is 0. The first-order valence-corrected chi connectivity index (χ1v) is 12.1. The highest BCUT2D eigenvalue weighted by Crippen LogP contribution is 2.41. The number of nitrogens with one attached hydrogen (secondary N) is 1. The number of aromatic nitrogens is 6. The lowest BCUT2D eigenvalue weighted by Crippen LogP contribution is -2.25. The largest absolute Gasteiger partial charge is 0.490 e. The van der Waals surface area contributed by atoms with Crippen LogP contribution in [-0.2, 0) is 11.4 Å². The van der Waals surface area contributed by atoms with Gasteiger partial charge >= 0.3 is 0 Å². The second kappa shape index (κ2) is 9.38. The van der Waals surface area contributed by atoms with Crippen LogP contribution in [0.15, 0.2) is 66.9 Å². The van der Waals surface area contributed by atoms with Gasteiger partial charge in [0.05, 0.1) is 12.8 Å². The molecule has 10 heteroatoms. The Morgan fingerprint density at radius 2 is 1.89 bits per heavy atom. The summed E-state index contributed by atoms with van der Waals surface area (Å²) in [5, 5.41) is 20.3. The quantitative estimate of drug-likeness (QED) is 0.363. The van der Waals surface area contributed by atoms with E-state index in [1.54, 1.807) is 21.5 Å². The summed E-state index contributed by atoms with van der Waals surface area (Å²) in [6.07, 6.45) is 2.08. The molecule has 0 saturated carbocycles. The fourth-order valence-electron chi connectivity index (χ4n) is 4.55. The van der Waals surface area contributed by atoms with E-state index in [-0.39, 0.29) is 11.8 Å². The van der Waals surface area contributed by atoms with Crippen molar-refractivity contribution in [3.63, 3.8) is 0 Å². The highest BCUT2D eigenvalue weighted by atomic mass is 16.5. The fourth-order valence-corrected chi connectivity index (χ4v) is 4.55. The number of amides is 1. The number of fused-ring (bicyclic) bond motifs is 2. The van der Waals surface area contributed by atoms with Crippen LogP contribution in [-0.4, -0.2) is 42.1 Å². The van der Waals surface area contributed by atoms with Crippen LogP contribution < -0.4 is 14.8 Å². The second-order valence-electron chi connectivity index (χ2n) is 8.79. The fraction of sp³-hybridized carbons (Fsp3) is 0.222. The van der Waals surface area contributed by atoms with Gasteiger partial charge in [0.15, 0.2) is 28.8 Å². The van der Waals surface area contributed by atoms with Crippen LogP contribution in [0.25, 0.3) is 11.5 Å². The third kappa shape index (κ3) is 4.26. The standard InChI is InChI=1S/C27H25N7O3/c1-3-36-23-13-19(9-10-22(23)37-16-18-7-5-4-6-8-18)20-14-26(35)29-27-21(20)15-28-34(27)25-12-11-24-31-30-17(2)33(24)32-25/h4-13,15,20H,3,14,16H2,1-2H3,(H,29,35)/t20-/m0/s1. The van der Waals surface area contributed by atoms with Crippen molar-refractivity contribution in [1.29, 1.82) is 0 Å². The average Bonchev–Trinajstić information content (AvgIpc) is 3.51. The minimum absolute atomic E-state index is 0.0943. The van der Waals surface area contributed by atoms with Crippen LogP contribution in [0.3, 0.4) is 0 Å². The number of ether oxygens (including phenoxy) is 2. The Balaban J connectivity index is 1.34. The van der Waals surface area contributed by atoms with Gasteiger partial charge in [0, 0.05) is 17.9 Å². The van der Waals surface area contributed by atoms with Gasteiger partial charge in [-0.1, -0.05) is 36.4 Å². The molecule has 186 valence electrons. The Kier molecular flexibility index (Phi) is 5.76. The smallest absolute Gasteiger partial charge is 0.226 e. The molecule has 0 bridgehead atoms. The van der Waals surface area contributed by atoms with Crippen LogP contribution in [0.2, 0.25) is 0 Å². The molecular formula is C27H25N7O3. The third-order valence-electron chi connectivity index (χ3n) is 6.35. The predicted molar refractivity (Wildman–Crippen MR) is 136 cm³/mol. The molecular weight excluding hydrogens is 470 g/mol. The Hall–Kier alpha value is -4.73. The minimum Gasteiger partial charge on any atom is -0.490 e. The van der Waals surface area contributed by atoms with Gasteiger partial charge in [-0.3, -0.25) is 4.79 Å². The molecule has 1 aliphatic heterocycles. The molecule has 0 unspecified atom stereocenters. The third-order valence-corrected chi connectivity index (χ3v) is 6.35. The van der Waals surface area contributed by atoms with Crippen LogP contribution in [0.4, 0.5) is 5.82 Å². The molecule has 2 aromatic carbocycles. The molecule has 0 aliphatic carbocycles. The van der Waals surface area contributed by atoms with E-state index in [9.17, 15) is 4.79 Å². The Morgan fingerprint density at radius 1 is 1.03 bits per heavy atom. The summed E-state index contributed by atoms with van der Waals surface area (Å²) in [7, 11) is 0. The highest BCUT2D eigenvalue weighted by molar-refractivity contribution is 5.94. The molecule has 0 fully saturated rings. The van der Waals surface area contributed by atoms with E-state index >= 15 is 0 Å². The zero-order valence-corrected chi connectivity index (χ0v) is 20.5. The molecule has 10 nitrogen and oxygen atoms in total. The number of anilines is 1. The topological polar surface area (TPSA) is 108 Å². The first kappa shape index (κ1) is 22.7. The number of aryl methyl sites for hydroxylation is 1. The number of rotatable bonds is 7. The summed E-state index contributed by atoms with van der Waals surface area (Å²) in [5.74, 6) is 2.83. The van der Waals surface area contributed by atoms with E-state index in [1.165, 1.54) is 0 Å². The van der Waals surface area contributed by atoms with Gasteiger partial charge in [0.25, 0.3) is 0 Å². The summed E-state index contributed by atoms with van der Waals surface area (Å²) < 4.78 is 15.3. The zero-order chi connectivity index (χ0) is 25.4. The van der Waals surface area contributed by atoms with Gasteiger partial charge < -0.3 is 14.8 Å². The summed E-state index contributed by atoms with van der Waals surface area (Å²) in [5.41, 5.74) is 3.57. The van der Waals surface area contributed by atoms with Crippen molar-refractivity contribution in [3.05, 3.63) is 89.4 Å². The van der Waals surface area contributed by atoms with Gasteiger partial charge in [0.1, 0.15) is 12.4 Å². The van der Waals surface area contributed by atoms with Gasteiger partial charge in [-0.2, -0.15) is 14.3 Å². The molecule has 1 N–H and O–H groups in total. The van der Waals surface area contributed by atoms with Crippen molar-refractivity contribution >= 4 is 17.4 Å². The van der Waals surface area contributed by atoms with Gasteiger partial charge in [-0.25, -0.2) is 0 Å². The summed E-state index contributed by atoms with van der Waals surface area (Å²) in [4.78, 5) is 12.8. The van der Waals surface area contributed by atoms with E-state index in [2.05, 4.69) is 25.7 Å². The second-order valence-corrected chi connectivity index (χ2v) is 8.79. The number of hydrogen-bond acceptors (Lipinski definition) is 7. The molecule has 5 aromatic rings. The van der Waals surface area contributed by atoms with Gasteiger partial charge in [0.2, 0.25) is 5.91 Å². The van der Waals surface area contributed by atoms with Crippen LogP contribution >= 0.6 is 0 Å². The van der Waals surface area contributed by atoms with Crippen molar-refractivity contribution in [3.8, 4) is 17.3 Å². The molecule has 0 spiro atoms. The predicted octanol–water partition coefficient (Wildman–Crippen LogP) is 4.07. The lowest BCUT2D eigenvalue weighted by atomic mass is 9.87. The molecule has 6 rings (SSSR count). The Bertz CT molecular complexity index is 1590. The van der Waals surface area contributed by atoms with E-state index in [4.69, 9.17) is 9.47 Å².